The smallest absolute Gasteiger partial charge is 0.194 e. The summed E-state index contributed by atoms with van der Waals surface area (Å²) in [7, 11) is 1.78. The van der Waals surface area contributed by atoms with Crippen molar-refractivity contribution in [2.24, 2.45) is 0 Å². The van der Waals surface area contributed by atoms with Crippen molar-refractivity contribution in [1.29, 1.82) is 0 Å². The molecule has 0 amide bonds. The van der Waals surface area contributed by atoms with Gasteiger partial charge in [0.05, 0.1) is 0 Å². The van der Waals surface area contributed by atoms with Crippen molar-refractivity contribution in [3.63, 3.8) is 0 Å². The van der Waals surface area contributed by atoms with Gasteiger partial charge in [-0.25, -0.2) is 0 Å². The average molecular weight is 302 g/mol. The second-order valence-corrected chi connectivity index (χ2v) is 5.71. The van der Waals surface area contributed by atoms with Gasteiger partial charge in [-0.3, -0.25) is 0 Å². The van der Waals surface area contributed by atoms with Crippen LogP contribution >= 0.6 is 0 Å². The molecular weight excluding hydrogens is 264 g/mol. The normalized spacial score (nSPS) is 13.6. The van der Waals surface area contributed by atoms with E-state index in [-0.39, 0.29) is 6.10 Å². The highest BCUT2D eigenvalue weighted by atomic mass is 16.7. The minimum atomic E-state index is -0.559. The molecule has 3 nitrogen and oxygen atoms in total. The van der Waals surface area contributed by atoms with Crippen LogP contribution in [0.1, 0.15) is 85.5 Å². The summed E-state index contributed by atoms with van der Waals surface area (Å²) in [6.45, 7) is 9.81. The molecule has 0 radical (unpaired) electrons. The van der Waals surface area contributed by atoms with E-state index >= 15 is 0 Å². The fraction of sp³-hybridized carbons (Fsp3) is 1.00. The summed E-state index contributed by atoms with van der Waals surface area (Å²) in [6, 6.07) is 0. The Kier molecular flexibility index (Phi) is 13.5. The highest BCUT2D eigenvalue weighted by molar-refractivity contribution is 4.81. The van der Waals surface area contributed by atoms with Gasteiger partial charge < -0.3 is 14.2 Å². The molecule has 0 heterocycles. The third-order valence-corrected chi connectivity index (χ3v) is 3.97. The van der Waals surface area contributed by atoms with Gasteiger partial charge in [0.2, 0.25) is 0 Å². The van der Waals surface area contributed by atoms with E-state index in [0.29, 0.717) is 13.2 Å². The first-order valence-corrected chi connectivity index (χ1v) is 9.01. The molecule has 0 aromatic heterocycles. The monoisotopic (exact) mass is 302 g/mol. The Hall–Kier alpha value is -0.120. The Bertz CT molecular complexity index is 201. The van der Waals surface area contributed by atoms with Crippen LogP contribution in [-0.4, -0.2) is 32.2 Å². The lowest BCUT2D eigenvalue weighted by Crippen LogP contribution is -2.48. The van der Waals surface area contributed by atoms with Crippen LogP contribution in [0.3, 0.4) is 0 Å². The van der Waals surface area contributed by atoms with Gasteiger partial charge in [-0.05, 0) is 20.3 Å². The molecule has 0 aliphatic heterocycles. The maximum atomic E-state index is 6.01. The van der Waals surface area contributed by atoms with Crippen LogP contribution in [-0.2, 0) is 14.2 Å². The lowest BCUT2D eigenvalue weighted by Gasteiger charge is -2.39. The number of rotatable bonds is 15. The number of hydrogen-bond donors (Lipinski definition) is 0. The van der Waals surface area contributed by atoms with Crippen LogP contribution in [0.4, 0.5) is 0 Å². The third kappa shape index (κ3) is 8.18. The van der Waals surface area contributed by atoms with Crippen LogP contribution < -0.4 is 0 Å². The van der Waals surface area contributed by atoms with Crippen molar-refractivity contribution in [2.45, 2.75) is 97.4 Å². The first-order chi connectivity index (χ1) is 10.2. The maximum Gasteiger partial charge on any atom is 0.194 e. The fourth-order valence-corrected chi connectivity index (χ4v) is 3.00. The Morgan fingerprint density at radius 1 is 0.762 bits per heavy atom. The highest BCUT2D eigenvalue weighted by Gasteiger charge is 2.39. The first-order valence-electron chi connectivity index (χ1n) is 9.01. The summed E-state index contributed by atoms with van der Waals surface area (Å²) in [6.07, 6.45) is 10.8. The third-order valence-electron chi connectivity index (χ3n) is 3.97. The van der Waals surface area contributed by atoms with Crippen molar-refractivity contribution >= 4 is 0 Å². The van der Waals surface area contributed by atoms with Crippen LogP contribution in [0.5, 0.6) is 0 Å². The summed E-state index contributed by atoms with van der Waals surface area (Å²) in [5.74, 6) is -0.559. The van der Waals surface area contributed by atoms with Crippen molar-refractivity contribution < 1.29 is 14.2 Å². The van der Waals surface area contributed by atoms with Crippen molar-refractivity contribution in [3.8, 4) is 0 Å². The van der Waals surface area contributed by atoms with Crippen LogP contribution in [0.15, 0.2) is 0 Å². The van der Waals surface area contributed by atoms with Gasteiger partial charge in [-0.2, -0.15) is 0 Å². The minimum absolute atomic E-state index is 0.0310. The predicted molar refractivity (Wildman–Crippen MR) is 89.7 cm³/mol. The van der Waals surface area contributed by atoms with E-state index in [2.05, 4.69) is 13.8 Å². The zero-order valence-corrected chi connectivity index (χ0v) is 15.1. The highest BCUT2D eigenvalue weighted by Crippen LogP contribution is 2.30. The summed E-state index contributed by atoms with van der Waals surface area (Å²) in [5.41, 5.74) is 0. The SMILES string of the molecule is CCCCCCCCC(OC)C(CCC)(OCC)OCC. The van der Waals surface area contributed by atoms with E-state index in [9.17, 15) is 0 Å². The van der Waals surface area contributed by atoms with Gasteiger partial charge in [-0.15, -0.1) is 0 Å². The van der Waals surface area contributed by atoms with Gasteiger partial charge in [0.15, 0.2) is 5.79 Å². The number of ether oxygens (including phenoxy) is 3. The molecule has 0 aliphatic carbocycles. The quantitative estimate of drug-likeness (QED) is 0.302. The lowest BCUT2D eigenvalue weighted by molar-refractivity contribution is -0.289. The molecule has 0 spiro atoms. The van der Waals surface area contributed by atoms with Gasteiger partial charge >= 0.3 is 0 Å². The Morgan fingerprint density at radius 2 is 1.33 bits per heavy atom. The standard InChI is InChI=1S/C18H38O3/c1-6-10-11-12-13-14-15-17(19-5)18(16-7-2,20-8-3)21-9-4/h17H,6-16H2,1-5H3. The fourth-order valence-electron chi connectivity index (χ4n) is 3.00. The Balaban J connectivity index is 4.43. The zero-order valence-electron chi connectivity index (χ0n) is 15.1. The van der Waals surface area contributed by atoms with Gasteiger partial charge in [0, 0.05) is 26.7 Å². The molecule has 0 rings (SSSR count). The van der Waals surface area contributed by atoms with Gasteiger partial charge in [0.1, 0.15) is 6.10 Å². The number of methoxy groups -OCH3 is 1. The van der Waals surface area contributed by atoms with Crippen molar-refractivity contribution in [2.75, 3.05) is 20.3 Å². The summed E-state index contributed by atoms with van der Waals surface area (Å²) in [5, 5.41) is 0. The topological polar surface area (TPSA) is 27.7 Å². The van der Waals surface area contributed by atoms with E-state index < -0.39 is 5.79 Å². The van der Waals surface area contributed by atoms with Crippen molar-refractivity contribution in [3.05, 3.63) is 0 Å². The molecule has 0 aliphatic rings. The maximum absolute atomic E-state index is 6.01. The first kappa shape index (κ1) is 20.9. The summed E-state index contributed by atoms with van der Waals surface area (Å²) >= 11 is 0. The van der Waals surface area contributed by atoms with Gasteiger partial charge in [0.25, 0.3) is 0 Å². The molecule has 0 aromatic carbocycles. The van der Waals surface area contributed by atoms with Gasteiger partial charge in [-0.1, -0.05) is 58.8 Å². The summed E-state index contributed by atoms with van der Waals surface area (Å²) < 4.78 is 17.8. The zero-order chi connectivity index (χ0) is 16.0. The van der Waals surface area contributed by atoms with Crippen LogP contribution in [0.25, 0.3) is 0 Å². The van der Waals surface area contributed by atoms with E-state index in [1.807, 2.05) is 13.8 Å². The minimum Gasteiger partial charge on any atom is -0.376 e. The molecule has 0 saturated carbocycles. The van der Waals surface area contributed by atoms with E-state index in [1.165, 1.54) is 38.5 Å². The molecule has 0 aromatic rings. The average Bonchev–Trinajstić information content (AvgIpc) is 2.47. The van der Waals surface area contributed by atoms with E-state index in [4.69, 9.17) is 14.2 Å². The van der Waals surface area contributed by atoms with Crippen molar-refractivity contribution in [1.82, 2.24) is 0 Å². The second-order valence-electron chi connectivity index (χ2n) is 5.71. The molecular formula is C18H38O3. The predicted octanol–water partition coefficient (Wildman–Crippen LogP) is 5.32. The second kappa shape index (κ2) is 13.5. The number of hydrogen-bond acceptors (Lipinski definition) is 3. The molecule has 0 fully saturated rings. The molecule has 1 unspecified atom stereocenters. The lowest BCUT2D eigenvalue weighted by atomic mass is 9.97. The molecule has 3 heteroatoms. The largest absolute Gasteiger partial charge is 0.376 e. The van der Waals surface area contributed by atoms with Crippen LogP contribution in [0, 0.1) is 0 Å². The molecule has 0 N–H and O–H groups in total. The van der Waals surface area contributed by atoms with E-state index in [1.54, 1.807) is 7.11 Å². The molecule has 128 valence electrons. The molecule has 21 heavy (non-hydrogen) atoms. The molecule has 1 atom stereocenters. The molecule has 0 bridgehead atoms. The van der Waals surface area contributed by atoms with Crippen LogP contribution in [0.2, 0.25) is 0 Å². The van der Waals surface area contributed by atoms with E-state index in [0.717, 1.165) is 19.3 Å². The Morgan fingerprint density at radius 3 is 1.81 bits per heavy atom. The number of unbranched alkanes of at least 4 members (excludes halogenated alkanes) is 5. The molecule has 0 saturated heterocycles. The summed E-state index contributed by atoms with van der Waals surface area (Å²) in [4.78, 5) is 0. The Labute approximate surface area is 132 Å².